The van der Waals surface area contributed by atoms with Crippen LogP contribution in [0.3, 0.4) is 0 Å². The highest BCUT2D eigenvalue weighted by Crippen LogP contribution is 2.32. The second-order valence-corrected chi connectivity index (χ2v) is 9.13. The van der Waals surface area contributed by atoms with E-state index in [-0.39, 0.29) is 24.4 Å². The monoisotopic (exact) mass is 463 g/mol. The van der Waals surface area contributed by atoms with Crippen molar-refractivity contribution in [1.29, 1.82) is 0 Å². The first kappa shape index (κ1) is 22.7. The minimum Gasteiger partial charge on any atom is -0.315 e. The number of fused-ring (bicyclic) bond motifs is 2. The topological polar surface area (TPSA) is 52.7 Å². The van der Waals surface area contributed by atoms with Gasteiger partial charge in [0.25, 0.3) is 0 Å². The van der Waals surface area contributed by atoms with Crippen LogP contribution >= 0.6 is 0 Å². The summed E-state index contributed by atoms with van der Waals surface area (Å²) in [5.41, 5.74) is 3.83. The Hall–Kier alpha value is -4.12. The summed E-state index contributed by atoms with van der Waals surface area (Å²) in [6, 6.07) is 31.7. The first-order valence-corrected chi connectivity index (χ1v) is 12.1. The Morgan fingerprint density at radius 2 is 1.60 bits per heavy atom. The number of nitrogens with zero attached hydrogens (tertiary/aromatic N) is 2. The van der Waals surface area contributed by atoms with Crippen molar-refractivity contribution in [1.82, 2.24) is 4.90 Å². The number of urea groups is 1. The average molecular weight is 464 g/mol. The van der Waals surface area contributed by atoms with Crippen LogP contribution in [-0.2, 0) is 11.3 Å². The molecule has 0 saturated heterocycles. The zero-order valence-corrected chi connectivity index (χ0v) is 19.9. The molecule has 0 bridgehead atoms. The molecule has 5 rings (SSSR count). The summed E-state index contributed by atoms with van der Waals surface area (Å²) < 4.78 is 0. The molecule has 0 aliphatic carbocycles. The smallest absolute Gasteiger partial charge is 0.315 e. The summed E-state index contributed by atoms with van der Waals surface area (Å²) >= 11 is 0. The number of nitrogens with one attached hydrogen (secondary N) is 1. The van der Waals surface area contributed by atoms with E-state index in [1.54, 1.807) is 4.90 Å². The lowest BCUT2D eigenvalue weighted by Gasteiger charge is -2.27. The first-order valence-electron chi connectivity index (χ1n) is 12.1. The van der Waals surface area contributed by atoms with Crippen molar-refractivity contribution in [2.45, 2.75) is 25.8 Å². The molecule has 1 aliphatic rings. The second kappa shape index (κ2) is 10.0. The number of hydrogen-bond donors (Lipinski definition) is 1. The third kappa shape index (κ3) is 5.04. The molecule has 4 aromatic carbocycles. The molecule has 3 amide bonds. The molecule has 0 radical (unpaired) electrons. The van der Waals surface area contributed by atoms with E-state index in [9.17, 15) is 9.59 Å². The van der Waals surface area contributed by atoms with Gasteiger partial charge in [0.2, 0.25) is 5.91 Å². The molecule has 5 heteroatoms. The largest absolute Gasteiger partial charge is 0.322 e. The molecular weight excluding hydrogens is 434 g/mol. The van der Waals surface area contributed by atoms with Crippen molar-refractivity contribution < 1.29 is 9.59 Å². The van der Waals surface area contributed by atoms with Crippen LogP contribution in [0, 0.1) is 0 Å². The summed E-state index contributed by atoms with van der Waals surface area (Å²) in [6.07, 6.45) is 0.772. The van der Waals surface area contributed by atoms with Gasteiger partial charge in [-0.2, -0.15) is 0 Å². The van der Waals surface area contributed by atoms with E-state index < -0.39 is 0 Å². The van der Waals surface area contributed by atoms with Crippen LogP contribution in [0.1, 0.15) is 30.4 Å². The molecule has 1 heterocycles. The fourth-order valence-electron chi connectivity index (χ4n) is 4.70. The van der Waals surface area contributed by atoms with E-state index >= 15 is 0 Å². The van der Waals surface area contributed by atoms with Gasteiger partial charge in [0.05, 0.1) is 6.54 Å². The standard InChI is InChI=1S/C30H29N3O2/c1-22-17-18-32(30(35)31-26-16-15-24-11-5-6-12-25(24)19-26)21-29(34)33(20-23-9-3-2-4-10-23)28-14-8-7-13-27(22)28/h2-16,19,22H,17-18,20-21H2,1H3,(H,31,35). The van der Waals surface area contributed by atoms with Gasteiger partial charge in [-0.25, -0.2) is 4.79 Å². The van der Waals surface area contributed by atoms with Crippen molar-refractivity contribution in [3.05, 3.63) is 108 Å². The molecule has 4 aromatic rings. The van der Waals surface area contributed by atoms with Crippen LogP contribution < -0.4 is 10.2 Å². The number of rotatable bonds is 3. The minimum absolute atomic E-state index is 0.0211. The number of hydrogen-bond acceptors (Lipinski definition) is 2. The summed E-state index contributed by atoms with van der Waals surface area (Å²) in [4.78, 5) is 30.4. The third-order valence-electron chi connectivity index (χ3n) is 6.69. The Kier molecular flexibility index (Phi) is 6.49. The molecular formula is C30H29N3O2. The Bertz CT molecular complexity index is 1350. The molecule has 0 aromatic heterocycles. The van der Waals surface area contributed by atoms with Crippen LogP contribution in [0.15, 0.2) is 97.1 Å². The highest BCUT2D eigenvalue weighted by atomic mass is 16.2. The summed E-state index contributed by atoms with van der Waals surface area (Å²) in [7, 11) is 0. The minimum atomic E-state index is -0.258. The van der Waals surface area contributed by atoms with Crippen LogP contribution in [0.25, 0.3) is 10.8 Å². The molecule has 35 heavy (non-hydrogen) atoms. The van der Waals surface area contributed by atoms with Gasteiger partial charge in [0, 0.05) is 17.9 Å². The number of carbonyl (C=O) groups excluding carboxylic acids is 2. The van der Waals surface area contributed by atoms with Crippen molar-refractivity contribution in [2.24, 2.45) is 0 Å². The van der Waals surface area contributed by atoms with Gasteiger partial charge >= 0.3 is 6.03 Å². The molecule has 1 N–H and O–H groups in total. The van der Waals surface area contributed by atoms with E-state index in [0.29, 0.717) is 13.1 Å². The van der Waals surface area contributed by atoms with Gasteiger partial charge in [-0.1, -0.05) is 85.8 Å². The SMILES string of the molecule is CC1CCN(C(=O)Nc2ccc3ccccc3c2)CC(=O)N(Cc2ccccc2)c2ccccc21. The van der Waals surface area contributed by atoms with Gasteiger partial charge in [0.15, 0.2) is 0 Å². The van der Waals surface area contributed by atoms with Crippen molar-refractivity contribution >= 4 is 34.1 Å². The van der Waals surface area contributed by atoms with Gasteiger partial charge in [-0.3, -0.25) is 4.79 Å². The number of anilines is 2. The fourth-order valence-corrected chi connectivity index (χ4v) is 4.70. The van der Waals surface area contributed by atoms with Crippen molar-refractivity contribution in [2.75, 3.05) is 23.3 Å². The Labute approximate surface area is 206 Å². The number of carbonyl (C=O) groups is 2. The van der Waals surface area contributed by atoms with E-state index in [0.717, 1.165) is 39.7 Å². The highest BCUT2D eigenvalue weighted by molar-refractivity contribution is 6.00. The van der Waals surface area contributed by atoms with Gasteiger partial charge in [-0.05, 0) is 52.4 Å². The lowest BCUT2D eigenvalue weighted by atomic mass is 9.95. The van der Waals surface area contributed by atoms with Crippen LogP contribution in [0.5, 0.6) is 0 Å². The molecule has 5 nitrogen and oxygen atoms in total. The van der Waals surface area contributed by atoms with Crippen LogP contribution in [0.2, 0.25) is 0 Å². The van der Waals surface area contributed by atoms with E-state index in [2.05, 4.69) is 18.3 Å². The molecule has 0 spiro atoms. The normalized spacial score (nSPS) is 16.3. The zero-order valence-electron chi connectivity index (χ0n) is 19.9. The first-order chi connectivity index (χ1) is 17.1. The number of para-hydroxylation sites is 1. The summed E-state index contributed by atoms with van der Waals surface area (Å²) in [6.45, 7) is 3.14. The van der Waals surface area contributed by atoms with Crippen LogP contribution in [0.4, 0.5) is 16.2 Å². The fraction of sp³-hybridized carbons (Fsp3) is 0.200. The molecule has 0 fully saturated rings. The average Bonchev–Trinajstić information content (AvgIpc) is 2.94. The van der Waals surface area contributed by atoms with E-state index in [1.165, 1.54) is 0 Å². The summed E-state index contributed by atoms with van der Waals surface area (Å²) in [5.74, 6) is 0.107. The quantitative estimate of drug-likeness (QED) is 0.381. The van der Waals surface area contributed by atoms with Gasteiger partial charge in [0.1, 0.15) is 6.54 Å². The second-order valence-electron chi connectivity index (χ2n) is 9.13. The maximum Gasteiger partial charge on any atom is 0.322 e. The Morgan fingerprint density at radius 1 is 0.886 bits per heavy atom. The summed E-state index contributed by atoms with van der Waals surface area (Å²) in [5, 5.41) is 5.19. The Morgan fingerprint density at radius 3 is 2.43 bits per heavy atom. The molecule has 1 aliphatic heterocycles. The predicted octanol–water partition coefficient (Wildman–Crippen LogP) is 6.41. The molecule has 1 atom stereocenters. The maximum atomic E-state index is 13.6. The third-order valence-corrected chi connectivity index (χ3v) is 6.69. The van der Waals surface area contributed by atoms with Gasteiger partial charge < -0.3 is 15.1 Å². The Balaban J connectivity index is 1.42. The van der Waals surface area contributed by atoms with Crippen molar-refractivity contribution in [3.8, 4) is 0 Å². The van der Waals surface area contributed by atoms with E-state index in [1.807, 2.05) is 95.9 Å². The molecule has 176 valence electrons. The molecule has 0 saturated carbocycles. The van der Waals surface area contributed by atoms with E-state index in [4.69, 9.17) is 0 Å². The van der Waals surface area contributed by atoms with Gasteiger partial charge in [-0.15, -0.1) is 0 Å². The highest BCUT2D eigenvalue weighted by Gasteiger charge is 2.28. The lowest BCUT2D eigenvalue weighted by Crippen LogP contribution is -2.44. The predicted molar refractivity (Wildman–Crippen MR) is 142 cm³/mol. The van der Waals surface area contributed by atoms with Crippen LogP contribution in [-0.4, -0.2) is 29.9 Å². The van der Waals surface area contributed by atoms with Crippen molar-refractivity contribution in [3.63, 3.8) is 0 Å². The number of amides is 3. The zero-order chi connectivity index (χ0) is 24.2. The molecule has 1 unspecified atom stereocenters. The lowest BCUT2D eigenvalue weighted by molar-refractivity contribution is -0.119. The number of benzene rings is 4. The maximum absolute atomic E-state index is 13.6.